The predicted octanol–water partition coefficient (Wildman–Crippen LogP) is 3.87. The second-order valence-corrected chi connectivity index (χ2v) is 7.74. The summed E-state index contributed by atoms with van der Waals surface area (Å²) in [6.45, 7) is 0. The minimum atomic E-state index is -4.94. The molecular formula is C15H12Cl2F4N2O5S. The third-order valence-electron chi connectivity index (χ3n) is 3.24. The molecule has 0 bridgehead atoms. The van der Waals surface area contributed by atoms with Crippen molar-refractivity contribution >= 4 is 33.4 Å². The highest BCUT2D eigenvalue weighted by Gasteiger charge is 2.32. The number of hydrogen-bond donors (Lipinski definition) is 3. The van der Waals surface area contributed by atoms with Crippen molar-refractivity contribution in [2.45, 2.75) is 12.6 Å². The maximum absolute atomic E-state index is 14.3. The molecule has 7 nitrogen and oxygen atoms in total. The van der Waals surface area contributed by atoms with Crippen LogP contribution in [0.4, 0.5) is 17.6 Å². The summed E-state index contributed by atoms with van der Waals surface area (Å²) in [4.78, 5) is 0. The Hall–Kier alpha value is -1.83. The van der Waals surface area contributed by atoms with Crippen molar-refractivity contribution in [3.63, 3.8) is 0 Å². The molecule has 1 atom stereocenters. The van der Waals surface area contributed by atoms with E-state index >= 15 is 0 Å². The Balaban J connectivity index is 2.24. The zero-order valence-corrected chi connectivity index (χ0v) is 16.5. The Bertz CT molecular complexity index is 1000. The highest BCUT2D eigenvalue weighted by molar-refractivity contribution is 7.87. The molecule has 160 valence electrons. The molecule has 1 unspecified atom stereocenters. The predicted molar refractivity (Wildman–Crippen MR) is 95.7 cm³/mol. The highest BCUT2D eigenvalue weighted by Crippen LogP contribution is 2.37. The highest BCUT2D eigenvalue weighted by atomic mass is 35.5. The molecule has 0 saturated heterocycles. The molecule has 0 saturated carbocycles. The van der Waals surface area contributed by atoms with Crippen LogP contribution in [0.15, 0.2) is 30.3 Å². The molecule has 2 aromatic carbocycles. The van der Waals surface area contributed by atoms with Gasteiger partial charge in [-0.25, -0.2) is 9.11 Å². The minimum absolute atomic E-state index is 0.0880. The first-order valence-electron chi connectivity index (χ1n) is 7.42. The van der Waals surface area contributed by atoms with E-state index in [0.29, 0.717) is 0 Å². The fourth-order valence-corrected chi connectivity index (χ4v) is 2.94. The van der Waals surface area contributed by atoms with Crippen molar-refractivity contribution in [1.82, 2.24) is 9.44 Å². The van der Waals surface area contributed by atoms with Crippen LogP contribution < -0.4 is 18.9 Å². The van der Waals surface area contributed by atoms with Crippen molar-refractivity contribution in [2.75, 3.05) is 7.05 Å². The SMILES string of the molecule is CNS(=O)(=O)NC(O)c1cc(Cl)c(Oc2ccc(OC(F)(F)F)c(Cl)c2)cc1F. The molecule has 2 rings (SSSR count). The number of nitrogens with one attached hydrogen (secondary N) is 2. The zero-order valence-electron chi connectivity index (χ0n) is 14.2. The van der Waals surface area contributed by atoms with E-state index in [2.05, 4.69) is 4.74 Å². The van der Waals surface area contributed by atoms with Crippen LogP contribution >= 0.6 is 23.2 Å². The average Bonchev–Trinajstić information content (AvgIpc) is 2.58. The van der Waals surface area contributed by atoms with Gasteiger partial charge in [0.05, 0.1) is 10.0 Å². The van der Waals surface area contributed by atoms with Gasteiger partial charge in [0.1, 0.15) is 29.3 Å². The van der Waals surface area contributed by atoms with E-state index in [4.69, 9.17) is 27.9 Å². The number of aliphatic hydroxyl groups excluding tert-OH is 1. The Morgan fingerprint density at radius 1 is 1.10 bits per heavy atom. The molecule has 0 aliphatic carbocycles. The second-order valence-electron chi connectivity index (χ2n) is 5.27. The Labute approximate surface area is 172 Å². The van der Waals surface area contributed by atoms with E-state index in [-0.39, 0.29) is 16.5 Å². The Kier molecular flexibility index (Phi) is 7.19. The molecule has 3 N–H and O–H groups in total. The van der Waals surface area contributed by atoms with Gasteiger partial charge in [0.25, 0.3) is 10.2 Å². The van der Waals surface area contributed by atoms with Gasteiger partial charge in [0.2, 0.25) is 0 Å². The van der Waals surface area contributed by atoms with Crippen LogP contribution in [0.25, 0.3) is 0 Å². The molecule has 0 heterocycles. The maximum atomic E-state index is 14.3. The number of aliphatic hydroxyl groups is 1. The molecule has 0 amide bonds. The summed E-state index contributed by atoms with van der Waals surface area (Å²) in [5.74, 6) is -2.09. The fraction of sp³-hybridized carbons (Fsp3) is 0.200. The van der Waals surface area contributed by atoms with Gasteiger partial charge in [0.15, 0.2) is 0 Å². The standard InChI is InChI=1S/C15H12Cl2F4N2O5S/c1-22-29(25,26)23-14(24)8-5-10(17)13(6-11(8)18)27-7-2-3-12(9(16)4-7)28-15(19,20)21/h2-6,14,22-24H,1H3. The van der Waals surface area contributed by atoms with E-state index in [9.17, 15) is 31.1 Å². The molecule has 2 aromatic rings. The summed E-state index contributed by atoms with van der Waals surface area (Å²) in [5.41, 5.74) is -0.492. The van der Waals surface area contributed by atoms with Gasteiger partial charge in [-0.15, -0.1) is 13.2 Å². The molecule has 0 fully saturated rings. The van der Waals surface area contributed by atoms with Gasteiger partial charge in [0, 0.05) is 24.7 Å². The Morgan fingerprint density at radius 3 is 2.28 bits per heavy atom. The molecule has 0 spiro atoms. The minimum Gasteiger partial charge on any atom is -0.456 e. The van der Waals surface area contributed by atoms with Crippen LogP contribution in [0.5, 0.6) is 17.2 Å². The molecule has 14 heteroatoms. The molecular weight excluding hydrogens is 467 g/mol. The van der Waals surface area contributed by atoms with E-state index < -0.39 is 45.0 Å². The summed E-state index contributed by atoms with van der Waals surface area (Å²) < 4.78 is 86.4. The quantitative estimate of drug-likeness (QED) is 0.414. The number of hydrogen-bond acceptors (Lipinski definition) is 5. The zero-order chi connectivity index (χ0) is 22.0. The second kappa shape index (κ2) is 8.90. The third kappa shape index (κ3) is 6.59. The smallest absolute Gasteiger partial charge is 0.456 e. The maximum Gasteiger partial charge on any atom is 0.573 e. The monoisotopic (exact) mass is 478 g/mol. The first-order valence-corrected chi connectivity index (χ1v) is 9.66. The lowest BCUT2D eigenvalue weighted by Gasteiger charge is -2.16. The third-order valence-corrected chi connectivity index (χ3v) is 4.90. The van der Waals surface area contributed by atoms with E-state index in [1.807, 2.05) is 4.72 Å². The van der Waals surface area contributed by atoms with Gasteiger partial charge in [-0.2, -0.15) is 13.1 Å². The number of halogens is 6. The molecule has 0 aliphatic heterocycles. The van der Waals surface area contributed by atoms with Crippen LogP contribution in [-0.2, 0) is 10.2 Å². The van der Waals surface area contributed by atoms with Crippen LogP contribution in [-0.4, -0.2) is 26.9 Å². The van der Waals surface area contributed by atoms with Crippen molar-refractivity contribution < 1.29 is 40.6 Å². The van der Waals surface area contributed by atoms with Crippen LogP contribution in [0.2, 0.25) is 10.0 Å². The van der Waals surface area contributed by atoms with Gasteiger partial charge in [-0.05, 0) is 18.2 Å². The first-order chi connectivity index (χ1) is 13.3. The van der Waals surface area contributed by atoms with E-state index in [1.54, 1.807) is 4.72 Å². The van der Waals surface area contributed by atoms with E-state index in [0.717, 1.165) is 37.4 Å². The number of alkyl halides is 3. The molecule has 0 aromatic heterocycles. The van der Waals surface area contributed by atoms with E-state index in [1.165, 1.54) is 0 Å². The van der Waals surface area contributed by atoms with Crippen LogP contribution in [0, 0.1) is 5.82 Å². The van der Waals surface area contributed by atoms with Crippen LogP contribution in [0.3, 0.4) is 0 Å². The largest absolute Gasteiger partial charge is 0.573 e. The summed E-state index contributed by atoms with van der Waals surface area (Å²) in [7, 11) is -3.00. The van der Waals surface area contributed by atoms with Gasteiger partial charge in [-0.3, -0.25) is 0 Å². The van der Waals surface area contributed by atoms with Crippen molar-refractivity contribution in [3.8, 4) is 17.2 Å². The molecule has 0 radical (unpaired) electrons. The average molecular weight is 479 g/mol. The first kappa shape index (κ1) is 23.4. The molecule has 29 heavy (non-hydrogen) atoms. The lowest BCUT2D eigenvalue weighted by molar-refractivity contribution is -0.274. The van der Waals surface area contributed by atoms with Crippen molar-refractivity contribution in [3.05, 3.63) is 51.8 Å². The Morgan fingerprint density at radius 2 is 1.72 bits per heavy atom. The summed E-state index contributed by atoms with van der Waals surface area (Å²) >= 11 is 11.7. The fourth-order valence-electron chi connectivity index (χ4n) is 1.98. The van der Waals surface area contributed by atoms with Crippen molar-refractivity contribution in [2.24, 2.45) is 0 Å². The molecule has 0 aliphatic rings. The lowest BCUT2D eigenvalue weighted by Crippen LogP contribution is -2.37. The van der Waals surface area contributed by atoms with Crippen LogP contribution in [0.1, 0.15) is 11.8 Å². The topological polar surface area (TPSA) is 96.9 Å². The summed E-state index contributed by atoms with van der Waals surface area (Å²) in [6.07, 6.45) is -6.89. The lowest BCUT2D eigenvalue weighted by atomic mass is 10.2. The number of benzene rings is 2. The number of ether oxygens (including phenoxy) is 2. The van der Waals surface area contributed by atoms with Gasteiger partial charge >= 0.3 is 6.36 Å². The van der Waals surface area contributed by atoms with Crippen molar-refractivity contribution in [1.29, 1.82) is 0 Å². The normalized spacial score (nSPS) is 13.2. The van der Waals surface area contributed by atoms with Gasteiger partial charge in [-0.1, -0.05) is 23.2 Å². The summed E-state index contributed by atoms with van der Waals surface area (Å²) in [6, 6.07) is 4.62. The summed E-state index contributed by atoms with van der Waals surface area (Å²) in [5, 5.41) is 9.19. The van der Waals surface area contributed by atoms with Gasteiger partial charge < -0.3 is 14.6 Å². The number of rotatable bonds is 7.